The van der Waals surface area contributed by atoms with Crippen LogP contribution in [0, 0.1) is 18.3 Å². The van der Waals surface area contributed by atoms with E-state index in [2.05, 4.69) is 0 Å². The Morgan fingerprint density at radius 1 is 1.06 bits per heavy atom. The number of nitriles is 1. The van der Waals surface area contributed by atoms with Gasteiger partial charge in [0, 0.05) is 10.5 Å². The lowest BCUT2D eigenvalue weighted by Gasteiger charge is -2.01. The van der Waals surface area contributed by atoms with E-state index in [4.69, 9.17) is 5.26 Å². The summed E-state index contributed by atoms with van der Waals surface area (Å²) in [6.45, 7) is 2.01. The molecule has 0 aromatic heterocycles. The Balaban J connectivity index is 2.12. The number of nitrogens with zero attached hydrogens (tertiary/aromatic N) is 1. The Morgan fingerprint density at radius 2 is 1.67 bits per heavy atom. The Labute approximate surface area is 110 Å². The van der Waals surface area contributed by atoms with Gasteiger partial charge in [-0.3, -0.25) is 4.79 Å². The molecule has 3 heteroatoms. The fraction of sp³-hybridized carbons (Fsp3) is 0.0667. The van der Waals surface area contributed by atoms with Crippen LogP contribution < -0.4 is 0 Å². The SMILES string of the molecule is Cc1ccc(SC(=O)c2ccc(C#N)cc2)cc1. The van der Waals surface area contributed by atoms with Crippen LogP contribution in [0.15, 0.2) is 53.4 Å². The van der Waals surface area contributed by atoms with Crippen molar-refractivity contribution in [1.29, 1.82) is 5.26 Å². The molecule has 0 fully saturated rings. The van der Waals surface area contributed by atoms with Crippen LogP contribution in [0.2, 0.25) is 0 Å². The third-order valence-electron chi connectivity index (χ3n) is 2.48. The van der Waals surface area contributed by atoms with E-state index in [9.17, 15) is 4.79 Å². The first-order valence-corrected chi connectivity index (χ1v) is 6.30. The van der Waals surface area contributed by atoms with Crippen molar-refractivity contribution in [2.75, 3.05) is 0 Å². The highest BCUT2D eigenvalue weighted by atomic mass is 32.2. The summed E-state index contributed by atoms with van der Waals surface area (Å²) in [5.41, 5.74) is 2.34. The minimum atomic E-state index is -0.0108. The van der Waals surface area contributed by atoms with Crippen molar-refractivity contribution in [2.24, 2.45) is 0 Å². The molecule has 0 saturated carbocycles. The Bertz CT molecular complexity index is 594. The van der Waals surface area contributed by atoms with Gasteiger partial charge in [0.25, 0.3) is 0 Å². The summed E-state index contributed by atoms with van der Waals surface area (Å²) in [4.78, 5) is 12.9. The van der Waals surface area contributed by atoms with Gasteiger partial charge in [0.1, 0.15) is 0 Å². The van der Waals surface area contributed by atoms with E-state index in [0.717, 1.165) is 4.90 Å². The Morgan fingerprint density at radius 3 is 2.22 bits per heavy atom. The van der Waals surface area contributed by atoms with Gasteiger partial charge in [0.15, 0.2) is 0 Å². The molecule has 2 rings (SSSR count). The quantitative estimate of drug-likeness (QED) is 0.764. The molecule has 2 aromatic rings. The average Bonchev–Trinajstić information content (AvgIpc) is 2.41. The first-order chi connectivity index (χ1) is 8.69. The molecule has 0 aliphatic rings. The number of aryl methyl sites for hydroxylation is 1. The van der Waals surface area contributed by atoms with Crippen molar-refractivity contribution in [3.63, 3.8) is 0 Å². The van der Waals surface area contributed by atoms with Crippen molar-refractivity contribution in [3.8, 4) is 6.07 Å². The standard InChI is InChI=1S/C15H11NOS/c1-11-2-8-14(9-3-11)18-15(17)13-6-4-12(10-16)5-7-13/h2-9H,1H3. The van der Waals surface area contributed by atoms with Gasteiger partial charge in [-0.1, -0.05) is 17.7 Å². The third kappa shape index (κ3) is 2.99. The van der Waals surface area contributed by atoms with Crippen molar-refractivity contribution < 1.29 is 4.79 Å². The second-order valence-electron chi connectivity index (χ2n) is 3.89. The molecule has 0 bridgehead atoms. The van der Waals surface area contributed by atoms with Gasteiger partial charge in [0.2, 0.25) is 5.12 Å². The molecule has 0 amide bonds. The summed E-state index contributed by atoms with van der Waals surface area (Å²) in [5, 5.41) is 8.68. The van der Waals surface area contributed by atoms with Crippen LogP contribution in [-0.2, 0) is 0 Å². The first kappa shape index (κ1) is 12.4. The summed E-state index contributed by atoms with van der Waals surface area (Å²) in [6, 6.07) is 16.5. The summed E-state index contributed by atoms with van der Waals surface area (Å²) in [6.07, 6.45) is 0. The molecular weight excluding hydrogens is 242 g/mol. The zero-order chi connectivity index (χ0) is 13.0. The first-order valence-electron chi connectivity index (χ1n) is 5.48. The van der Waals surface area contributed by atoms with Crippen molar-refractivity contribution in [1.82, 2.24) is 0 Å². The highest BCUT2D eigenvalue weighted by Gasteiger charge is 2.07. The predicted molar refractivity (Wildman–Crippen MR) is 72.5 cm³/mol. The van der Waals surface area contributed by atoms with Gasteiger partial charge in [-0.05, 0) is 55.1 Å². The molecule has 0 spiro atoms. The maximum Gasteiger partial charge on any atom is 0.224 e. The van der Waals surface area contributed by atoms with Crippen molar-refractivity contribution in [3.05, 3.63) is 65.2 Å². The van der Waals surface area contributed by atoms with Crippen molar-refractivity contribution >= 4 is 16.9 Å². The molecule has 0 unspecified atom stereocenters. The van der Waals surface area contributed by atoms with Gasteiger partial charge in [-0.25, -0.2) is 0 Å². The molecule has 0 aliphatic heterocycles. The molecule has 0 aliphatic carbocycles. The summed E-state index contributed by atoms with van der Waals surface area (Å²) >= 11 is 1.20. The number of hydrogen-bond acceptors (Lipinski definition) is 3. The second kappa shape index (κ2) is 5.52. The molecular formula is C15H11NOS. The molecule has 0 heterocycles. The number of thioether (sulfide) groups is 1. The smallest absolute Gasteiger partial charge is 0.224 e. The molecule has 0 N–H and O–H groups in total. The van der Waals surface area contributed by atoms with E-state index in [1.807, 2.05) is 37.3 Å². The van der Waals surface area contributed by atoms with Crippen LogP contribution >= 0.6 is 11.8 Å². The number of carbonyl (C=O) groups excluding carboxylic acids is 1. The number of hydrogen-bond donors (Lipinski definition) is 0. The fourth-order valence-corrected chi connectivity index (χ4v) is 2.19. The van der Waals surface area contributed by atoms with E-state index in [1.54, 1.807) is 24.3 Å². The third-order valence-corrected chi connectivity index (χ3v) is 3.41. The summed E-state index contributed by atoms with van der Waals surface area (Å²) < 4.78 is 0. The van der Waals surface area contributed by atoms with Crippen molar-refractivity contribution in [2.45, 2.75) is 11.8 Å². The van der Waals surface area contributed by atoms with Crippen LogP contribution in [-0.4, -0.2) is 5.12 Å². The van der Waals surface area contributed by atoms with E-state index >= 15 is 0 Å². The van der Waals surface area contributed by atoms with Gasteiger partial charge < -0.3 is 0 Å². The Kier molecular flexibility index (Phi) is 3.81. The van der Waals surface area contributed by atoms with Gasteiger partial charge >= 0.3 is 0 Å². The molecule has 0 atom stereocenters. The van der Waals surface area contributed by atoms with Crippen LogP contribution in [0.5, 0.6) is 0 Å². The molecule has 2 nitrogen and oxygen atoms in total. The lowest BCUT2D eigenvalue weighted by molar-refractivity contribution is 0.108. The van der Waals surface area contributed by atoms with Gasteiger partial charge in [-0.2, -0.15) is 5.26 Å². The normalized spacial score (nSPS) is 9.78. The molecule has 0 radical (unpaired) electrons. The molecule has 0 saturated heterocycles. The monoisotopic (exact) mass is 253 g/mol. The van der Waals surface area contributed by atoms with E-state index < -0.39 is 0 Å². The summed E-state index contributed by atoms with van der Waals surface area (Å²) in [5.74, 6) is 0. The topological polar surface area (TPSA) is 40.9 Å². The maximum absolute atomic E-state index is 12.0. The van der Waals surface area contributed by atoms with Crippen LogP contribution in [0.25, 0.3) is 0 Å². The predicted octanol–water partition coefficient (Wildman–Crippen LogP) is 3.80. The highest BCUT2D eigenvalue weighted by Crippen LogP contribution is 2.23. The number of carbonyl (C=O) groups is 1. The largest absolute Gasteiger partial charge is 0.281 e. The number of benzene rings is 2. The zero-order valence-electron chi connectivity index (χ0n) is 9.88. The highest BCUT2D eigenvalue weighted by molar-refractivity contribution is 8.14. The molecule has 88 valence electrons. The fourth-order valence-electron chi connectivity index (χ4n) is 1.45. The summed E-state index contributed by atoms with van der Waals surface area (Å²) in [7, 11) is 0. The van der Waals surface area contributed by atoms with E-state index in [-0.39, 0.29) is 5.12 Å². The zero-order valence-corrected chi connectivity index (χ0v) is 10.7. The van der Waals surface area contributed by atoms with Gasteiger partial charge in [0.05, 0.1) is 11.6 Å². The van der Waals surface area contributed by atoms with Crippen LogP contribution in [0.4, 0.5) is 0 Å². The second-order valence-corrected chi connectivity index (χ2v) is 4.94. The molecule has 2 aromatic carbocycles. The molecule has 18 heavy (non-hydrogen) atoms. The van der Waals surface area contributed by atoms with E-state index in [1.165, 1.54) is 17.3 Å². The minimum absolute atomic E-state index is 0.0108. The van der Waals surface area contributed by atoms with Gasteiger partial charge in [-0.15, -0.1) is 0 Å². The van der Waals surface area contributed by atoms with Crippen LogP contribution in [0.1, 0.15) is 21.5 Å². The lowest BCUT2D eigenvalue weighted by Crippen LogP contribution is -1.93. The average molecular weight is 253 g/mol. The minimum Gasteiger partial charge on any atom is -0.281 e. The lowest BCUT2D eigenvalue weighted by atomic mass is 10.2. The maximum atomic E-state index is 12.0. The van der Waals surface area contributed by atoms with Crippen LogP contribution in [0.3, 0.4) is 0 Å². The van der Waals surface area contributed by atoms with E-state index in [0.29, 0.717) is 11.1 Å². The number of rotatable bonds is 2. The Hall–Kier alpha value is -2.05.